The van der Waals surface area contributed by atoms with Crippen LogP contribution in [0.3, 0.4) is 0 Å². The molecule has 5 unspecified atom stereocenters. The van der Waals surface area contributed by atoms with Crippen molar-refractivity contribution in [2.45, 2.75) is 264 Å². The third kappa shape index (κ3) is 28.3. The zero-order chi connectivity index (χ0) is 69.6. The number of esters is 1. The number of rotatable bonds is 19. The largest absolute Gasteiger partial charge is 0.508 e. The van der Waals surface area contributed by atoms with E-state index in [0.717, 1.165) is 107 Å². The van der Waals surface area contributed by atoms with Gasteiger partial charge in [0.1, 0.15) is 24.0 Å². The van der Waals surface area contributed by atoms with Gasteiger partial charge in [0, 0.05) is 73.5 Å². The number of anilines is 2. The summed E-state index contributed by atoms with van der Waals surface area (Å²) < 4.78 is 25.2. The molecule has 2 N–H and O–H groups in total. The number of fused-ring (bicyclic) bond motifs is 3. The first kappa shape index (κ1) is 83.4. The van der Waals surface area contributed by atoms with Crippen molar-refractivity contribution in [1.29, 1.82) is 0 Å². The van der Waals surface area contributed by atoms with E-state index in [9.17, 15) is 23.9 Å². The van der Waals surface area contributed by atoms with Crippen molar-refractivity contribution in [1.82, 2.24) is 25.2 Å². The Hall–Kier alpha value is -5.72. The average molecular weight is 1310 g/mol. The van der Waals surface area contributed by atoms with E-state index in [1.807, 2.05) is 20.9 Å². The van der Waals surface area contributed by atoms with Gasteiger partial charge in [0.2, 0.25) is 12.3 Å². The number of halogens is 1. The number of carbonyl (C=O) groups excluding carboxylic acids is 3. The topological polar surface area (TPSA) is 150 Å². The number of benzene rings is 3. The summed E-state index contributed by atoms with van der Waals surface area (Å²) in [5, 5.41) is 16.3. The normalized spacial score (nSPS) is 17.2. The molecular formula is C78H127FN7O6P. The molecule has 2 amide bonds. The van der Waals surface area contributed by atoms with Crippen LogP contribution in [0.2, 0.25) is 0 Å². The lowest BCUT2D eigenvalue weighted by Crippen LogP contribution is -2.35. The van der Waals surface area contributed by atoms with Crippen LogP contribution in [0.5, 0.6) is 11.8 Å². The van der Waals surface area contributed by atoms with E-state index in [0.29, 0.717) is 53.3 Å². The van der Waals surface area contributed by atoms with Crippen molar-refractivity contribution in [3.8, 4) is 23.0 Å². The lowest BCUT2D eigenvalue weighted by atomic mass is 9.90. The Labute approximate surface area is 566 Å². The van der Waals surface area contributed by atoms with E-state index in [4.69, 9.17) is 14.5 Å². The number of aryl methyl sites for hydroxylation is 2. The van der Waals surface area contributed by atoms with E-state index in [-0.39, 0.29) is 29.4 Å². The quantitative estimate of drug-likeness (QED) is 0.0462. The zero-order valence-electron chi connectivity index (χ0n) is 61.4. The number of pyridine rings is 1. The molecule has 522 valence electrons. The van der Waals surface area contributed by atoms with Crippen LogP contribution >= 0.6 is 9.24 Å². The highest BCUT2D eigenvalue weighted by Gasteiger charge is 2.37. The van der Waals surface area contributed by atoms with Crippen LogP contribution in [-0.2, 0) is 32.0 Å². The molecule has 4 fully saturated rings. The van der Waals surface area contributed by atoms with Gasteiger partial charge in [-0.05, 0) is 147 Å². The summed E-state index contributed by atoms with van der Waals surface area (Å²) in [6.45, 7) is 41.2. The monoisotopic (exact) mass is 1310 g/mol. The Morgan fingerprint density at radius 2 is 1.49 bits per heavy atom. The average Bonchev–Trinajstić information content (AvgIpc) is 1.59. The van der Waals surface area contributed by atoms with Crippen LogP contribution < -0.4 is 25.2 Å². The predicted molar refractivity (Wildman–Crippen MR) is 397 cm³/mol. The summed E-state index contributed by atoms with van der Waals surface area (Å²) >= 11 is 0. The van der Waals surface area contributed by atoms with Gasteiger partial charge >= 0.3 is 12.0 Å². The number of unbranched alkanes of at least 4 members (excludes halogenated alkanes) is 1. The Morgan fingerprint density at radius 1 is 0.860 bits per heavy atom. The lowest BCUT2D eigenvalue weighted by molar-refractivity contribution is -0.142. The van der Waals surface area contributed by atoms with E-state index < -0.39 is 0 Å². The smallest absolute Gasteiger partial charge is 0.318 e. The number of methoxy groups -OCH3 is 1. The first-order chi connectivity index (χ1) is 44.5. The Kier molecular flexibility index (Phi) is 41.6. The SMILES string of the molecule is C=C1CCC(C)C(=O)N1.CC(=O)OCC1CCC2CCCN21.CCC.CCC.CCCC.CCCC(C)CCC.CCCC(CCC)Cc1ccc(C)c(N(C)C=O)c1.CCc1c(F)ccc2cc(O)cc(-c3ncc4c(N5CCCC(C)C5)nc(OC)nc4c3P)c12. The fourth-order valence-electron chi connectivity index (χ4n) is 12.4. The van der Waals surface area contributed by atoms with Gasteiger partial charge in [-0.1, -0.05) is 199 Å². The van der Waals surface area contributed by atoms with E-state index in [1.165, 1.54) is 134 Å². The number of carbonyl (C=O) groups is 3. The minimum atomic E-state index is -0.265. The molecule has 2 aromatic heterocycles. The fourth-order valence-corrected chi connectivity index (χ4v) is 12.8. The van der Waals surface area contributed by atoms with Crippen molar-refractivity contribution in [3.63, 3.8) is 0 Å². The van der Waals surface area contributed by atoms with Gasteiger partial charge in [0.15, 0.2) is 0 Å². The lowest BCUT2D eigenvalue weighted by Gasteiger charge is -2.32. The molecule has 0 aliphatic carbocycles. The summed E-state index contributed by atoms with van der Waals surface area (Å²) in [6.07, 6.45) is 29.4. The van der Waals surface area contributed by atoms with Gasteiger partial charge in [0.05, 0.1) is 23.7 Å². The number of nitrogens with one attached hydrogen (secondary N) is 1. The first-order valence-electron chi connectivity index (χ1n) is 35.9. The maximum atomic E-state index is 14.7. The molecule has 13 nitrogen and oxygen atoms in total. The van der Waals surface area contributed by atoms with Crippen molar-refractivity contribution in [2.24, 2.45) is 23.7 Å². The van der Waals surface area contributed by atoms with Gasteiger partial charge in [-0.25, -0.2) is 4.39 Å². The molecule has 15 heteroatoms. The number of piperidine rings is 2. The van der Waals surface area contributed by atoms with E-state index in [2.05, 4.69) is 149 Å². The molecule has 0 bridgehead atoms. The summed E-state index contributed by atoms with van der Waals surface area (Å²) in [5.74, 6) is 3.11. The fraction of sp³-hybridized carbons (Fsp3) is 0.641. The van der Waals surface area contributed by atoms with Gasteiger partial charge in [-0.15, -0.1) is 9.24 Å². The summed E-state index contributed by atoms with van der Waals surface area (Å²) in [7, 11) is 6.12. The number of phenols is 1. The van der Waals surface area contributed by atoms with E-state index >= 15 is 0 Å². The van der Waals surface area contributed by atoms with Crippen LogP contribution in [0.4, 0.5) is 15.9 Å². The molecule has 0 saturated carbocycles. The van der Waals surface area contributed by atoms with Gasteiger partial charge in [0.25, 0.3) is 0 Å². The highest BCUT2D eigenvalue weighted by atomic mass is 31.0. The Morgan fingerprint density at radius 3 is 2.04 bits per heavy atom. The summed E-state index contributed by atoms with van der Waals surface area (Å²) in [4.78, 5) is 53.0. The highest BCUT2D eigenvalue weighted by molar-refractivity contribution is 7.28. The van der Waals surface area contributed by atoms with Crippen molar-refractivity contribution >= 4 is 66.0 Å². The molecule has 9 rings (SSSR count). The maximum Gasteiger partial charge on any atom is 0.318 e. The highest BCUT2D eigenvalue weighted by Crippen LogP contribution is 2.38. The van der Waals surface area contributed by atoms with Gasteiger partial charge < -0.3 is 29.7 Å². The van der Waals surface area contributed by atoms with Crippen LogP contribution in [-0.4, -0.2) is 95.7 Å². The molecule has 4 saturated heterocycles. The Bertz CT molecular complexity index is 2960. The van der Waals surface area contributed by atoms with Gasteiger partial charge in [-0.3, -0.25) is 24.3 Å². The van der Waals surface area contributed by atoms with Crippen molar-refractivity contribution in [3.05, 3.63) is 83.4 Å². The molecule has 4 aliphatic rings. The standard InChI is InChI=1S/C26H28FN4O2P.C17H27NO.C10H17NO2.C8H18.C7H11NO.C4H10.2C3H8/c1-4-17-20(27)8-7-15-10-16(32)11-18(21(15)17)22-24(34)23-19(12-28-22)25(30-26(29-23)33-3)31-9-5-6-14(2)13-31;1-5-7-15(8-6-2)11-16-10-9-14(3)17(12-16)18(4)13-19;1-8(12)13-7-10-5-4-9-3-2-6-11(9)10;1-4-6-8(3)7-5-2;1-5-3-4-6(2)8-7(5)9;1-3-4-2;2*1-3-2/h7-8,10-12,14,32H,4-6,9,13,34H2,1-3H3;9-10,12-13,15H,5-8,11H2,1-4H3;9-10H,2-7H2,1H3;8H,4-7H2,1-3H3;5H,2-4H2,1H3,(H,8,9);3-4H2,1-2H3;2*3H2,1-2H3. The number of allylic oxidation sites excluding steroid dienone is 1. The molecule has 93 heavy (non-hydrogen) atoms. The summed E-state index contributed by atoms with van der Waals surface area (Å²) in [6, 6.07) is 14.5. The van der Waals surface area contributed by atoms with Crippen LogP contribution in [0.25, 0.3) is 32.9 Å². The Balaban J connectivity index is 0.000000421. The molecule has 3 aromatic carbocycles. The molecule has 0 spiro atoms. The third-order valence-corrected chi connectivity index (χ3v) is 17.8. The number of hydrogen-bond acceptors (Lipinski definition) is 11. The summed E-state index contributed by atoms with van der Waals surface area (Å²) in [5.41, 5.74) is 6.99. The number of aromatic hydroxyl groups is 1. The number of ether oxygens (including phenoxy) is 2. The molecule has 5 atom stereocenters. The second-order valence-corrected chi connectivity index (χ2v) is 26.7. The van der Waals surface area contributed by atoms with Crippen molar-refractivity contribution in [2.75, 3.05) is 50.2 Å². The predicted octanol–water partition coefficient (Wildman–Crippen LogP) is 19.4. The molecular weight excluding hydrogens is 1180 g/mol. The molecule has 5 aromatic rings. The second kappa shape index (κ2) is 46.4. The minimum absolute atomic E-state index is 0.103. The first-order valence-corrected chi connectivity index (χ1v) is 36.5. The van der Waals surface area contributed by atoms with Crippen LogP contribution in [0, 0.1) is 36.4 Å². The zero-order valence-corrected chi connectivity index (χ0v) is 62.5. The number of hydrogen-bond donors (Lipinski definition) is 2. The second-order valence-electron chi connectivity index (χ2n) is 26.2. The van der Waals surface area contributed by atoms with Crippen molar-refractivity contribution < 1.29 is 33.4 Å². The molecule has 0 radical (unpaired) electrons. The number of phenolic OH excluding ortho intramolecular Hbond substituents is 1. The van der Waals surface area contributed by atoms with E-state index in [1.54, 1.807) is 36.4 Å². The molecule has 4 aliphatic heterocycles. The minimum Gasteiger partial charge on any atom is -0.508 e. The number of nitrogens with zero attached hydrogens (tertiary/aromatic N) is 6. The molecule has 6 heterocycles. The van der Waals surface area contributed by atoms with Gasteiger partial charge in [-0.2, -0.15) is 9.97 Å². The number of amides is 2. The van der Waals surface area contributed by atoms with Crippen LogP contribution in [0.15, 0.2) is 60.9 Å². The van der Waals surface area contributed by atoms with Crippen LogP contribution in [0.1, 0.15) is 249 Å². The number of aromatic nitrogens is 3. The maximum absolute atomic E-state index is 14.7. The third-order valence-electron chi connectivity index (χ3n) is 17.3.